The van der Waals surface area contributed by atoms with Crippen LogP contribution in [0.5, 0.6) is 0 Å². The van der Waals surface area contributed by atoms with Crippen LogP contribution in [0.1, 0.15) is 27.8 Å². The highest BCUT2D eigenvalue weighted by Crippen LogP contribution is 2.62. The van der Waals surface area contributed by atoms with Gasteiger partial charge in [0.1, 0.15) is 0 Å². The Morgan fingerprint density at radius 2 is 0.938 bits per heavy atom. The van der Waals surface area contributed by atoms with Crippen LogP contribution in [0, 0.1) is 6.92 Å². The molecule has 0 fully saturated rings. The van der Waals surface area contributed by atoms with E-state index in [9.17, 15) is 0 Å². The summed E-state index contributed by atoms with van der Waals surface area (Å²) in [5.41, 5.74) is 14.6. The molecule has 0 aliphatic heterocycles. The van der Waals surface area contributed by atoms with Crippen LogP contribution in [-0.4, -0.2) is 0 Å². The number of rotatable bonds is 1. The molecule has 0 heterocycles. The van der Waals surface area contributed by atoms with Gasteiger partial charge in [-0.3, -0.25) is 0 Å². The van der Waals surface area contributed by atoms with Gasteiger partial charge in [-0.15, -0.1) is 0 Å². The Hall–Kier alpha value is -3.90. The second kappa shape index (κ2) is 6.31. The molecule has 7 rings (SSSR count). The Bertz CT molecular complexity index is 1480. The van der Waals surface area contributed by atoms with E-state index in [-0.39, 0.29) is 5.41 Å². The van der Waals surface area contributed by atoms with Gasteiger partial charge in [-0.25, -0.2) is 0 Å². The molecule has 32 heavy (non-hydrogen) atoms. The second-order valence-electron chi connectivity index (χ2n) is 9.02. The third kappa shape index (κ3) is 2.12. The Morgan fingerprint density at radius 1 is 0.406 bits per heavy atom. The molecule has 1 spiro atoms. The second-order valence-corrected chi connectivity index (χ2v) is 9.02. The molecule has 0 unspecified atom stereocenters. The smallest absolute Gasteiger partial charge is 0.0622 e. The van der Waals surface area contributed by atoms with Gasteiger partial charge >= 0.3 is 0 Å². The zero-order valence-corrected chi connectivity index (χ0v) is 18.0. The molecule has 0 amide bonds. The molecule has 0 radical (unpaired) electrons. The van der Waals surface area contributed by atoms with Crippen LogP contribution in [0.2, 0.25) is 0 Å². The largest absolute Gasteiger partial charge is 0.0725 e. The maximum absolute atomic E-state index is 2.40. The summed E-state index contributed by atoms with van der Waals surface area (Å²) >= 11 is 0. The summed E-state index contributed by atoms with van der Waals surface area (Å²) in [5.74, 6) is 0. The van der Waals surface area contributed by atoms with Crippen molar-refractivity contribution in [1.82, 2.24) is 0 Å². The van der Waals surface area contributed by atoms with Crippen molar-refractivity contribution in [3.8, 4) is 33.4 Å². The van der Waals surface area contributed by atoms with E-state index in [1.165, 1.54) is 61.2 Å². The number of benzene rings is 5. The van der Waals surface area contributed by atoms with E-state index in [0.717, 1.165) is 0 Å². The van der Waals surface area contributed by atoms with E-state index < -0.39 is 0 Å². The van der Waals surface area contributed by atoms with Gasteiger partial charge in [0.05, 0.1) is 5.41 Å². The maximum atomic E-state index is 2.40. The third-order valence-corrected chi connectivity index (χ3v) is 7.35. The summed E-state index contributed by atoms with van der Waals surface area (Å²) in [5, 5.41) is 0. The van der Waals surface area contributed by atoms with Crippen LogP contribution >= 0.6 is 0 Å². The fourth-order valence-corrected chi connectivity index (χ4v) is 6.07. The van der Waals surface area contributed by atoms with Crippen molar-refractivity contribution in [2.24, 2.45) is 0 Å². The van der Waals surface area contributed by atoms with Gasteiger partial charge in [0.2, 0.25) is 0 Å². The highest BCUT2D eigenvalue weighted by molar-refractivity contribution is 5.96. The Labute approximate surface area is 188 Å². The van der Waals surface area contributed by atoms with Crippen molar-refractivity contribution in [3.63, 3.8) is 0 Å². The number of aryl methyl sites for hydroxylation is 1. The molecule has 0 bridgehead atoms. The van der Waals surface area contributed by atoms with Crippen molar-refractivity contribution in [2.75, 3.05) is 0 Å². The molecule has 0 heteroatoms. The van der Waals surface area contributed by atoms with Gasteiger partial charge in [0, 0.05) is 0 Å². The van der Waals surface area contributed by atoms with Crippen molar-refractivity contribution >= 4 is 0 Å². The predicted octanol–water partition coefficient (Wildman–Crippen LogP) is 8.01. The molecule has 5 aromatic rings. The maximum Gasteiger partial charge on any atom is 0.0725 e. The van der Waals surface area contributed by atoms with Crippen LogP contribution < -0.4 is 0 Å². The van der Waals surface area contributed by atoms with Crippen LogP contribution in [0.25, 0.3) is 33.4 Å². The molecule has 0 N–H and O–H groups in total. The Balaban J connectivity index is 1.62. The Kier molecular flexibility index (Phi) is 3.50. The lowest BCUT2D eigenvalue weighted by Gasteiger charge is -2.30. The summed E-state index contributed by atoms with van der Waals surface area (Å²) < 4.78 is 0. The van der Waals surface area contributed by atoms with E-state index in [2.05, 4.69) is 122 Å². The lowest BCUT2D eigenvalue weighted by Crippen LogP contribution is -2.25. The predicted molar refractivity (Wildman–Crippen MR) is 133 cm³/mol. The molecule has 2 aliphatic carbocycles. The van der Waals surface area contributed by atoms with Crippen LogP contribution in [0.4, 0.5) is 0 Å². The average molecular weight is 407 g/mol. The molecule has 0 atom stereocenters. The van der Waals surface area contributed by atoms with E-state index in [1.54, 1.807) is 0 Å². The van der Waals surface area contributed by atoms with Gasteiger partial charge in [-0.2, -0.15) is 0 Å². The first-order chi connectivity index (χ1) is 15.8. The van der Waals surface area contributed by atoms with Gasteiger partial charge in [-0.05, 0) is 68.6 Å². The number of hydrogen-bond donors (Lipinski definition) is 0. The SMILES string of the molecule is Cc1ccc2c(c1)-c1cc(-c3ccccc3)ccc1C21c2ccccc2-c2ccccc21. The first-order valence-corrected chi connectivity index (χ1v) is 11.3. The molecule has 0 saturated carbocycles. The molecule has 2 aliphatic rings. The highest BCUT2D eigenvalue weighted by Gasteiger charge is 2.51. The van der Waals surface area contributed by atoms with Gasteiger partial charge < -0.3 is 0 Å². The third-order valence-electron chi connectivity index (χ3n) is 7.35. The monoisotopic (exact) mass is 406 g/mol. The number of hydrogen-bond acceptors (Lipinski definition) is 0. The minimum absolute atomic E-state index is 0.249. The van der Waals surface area contributed by atoms with Crippen molar-refractivity contribution in [2.45, 2.75) is 12.3 Å². The van der Waals surface area contributed by atoms with E-state index in [0.29, 0.717) is 0 Å². The quantitative estimate of drug-likeness (QED) is 0.259. The van der Waals surface area contributed by atoms with E-state index in [1.807, 2.05) is 0 Å². The zero-order chi connectivity index (χ0) is 21.3. The van der Waals surface area contributed by atoms with Crippen molar-refractivity contribution in [3.05, 3.63) is 143 Å². The molecule has 0 nitrogen and oxygen atoms in total. The molecule has 0 saturated heterocycles. The molecular formula is C32H22. The molecule has 5 aromatic carbocycles. The van der Waals surface area contributed by atoms with Crippen LogP contribution in [0.15, 0.2) is 115 Å². The van der Waals surface area contributed by atoms with E-state index in [4.69, 9.17) is 0 Å². The zero-order valence-electron chi connectivity index (χ0n) is 18.0. The molecule has 150 valence electrons. The first kappa shape index (κ1) is 17.7. The summed E-state index contributed by atoms with van der Waals surface area (Å²) in [6.07, 6.45) is 0. The minimum Gasteiger partial charge on any atom is -0.0622 e. The molecular weight excluding hydrogens is 384 g/mol. The lowest BCUT2D eigenvalue weighted by molar-refractivity contribution is 0.793. The Morgan fingerprint density at radius 3 is 1.62 bits per heavy atom. The van der Waals surface area contributed by atoms with Gasteiger partial charge in [-0.1, -0.05) is 115 Å². The normalized spacial score (nSPS) is 14.0. The summed E-state index contributed by atoms with van der Waals surface area (Å²) in [4.78, 5) is 0. The van der Waals surface area contributed by atoms with Gasteiger partial charge in [0.15, 0.2) is 0 Å². The highest BCUT2D eigenvalue weighted by atomic mass is 14.5. The van der Waals surface area contributed by atoms with Crippen molar-refractivity contribution < 1.29 is 0 Å². The topological polar surface area (TPSA) is 0 Å². The summed E-state index contributed by atoms with van der Waals surface area (Å²) in [7, 11) is 0. The summed E-state index contributed by atoms with van der Waals surface area (Å²) in [6, 6.07) is 42.8. The van der Waals surface area contributed by atoms with Crippen LogP contribution in [-0.2, 0) is 5.41 Å². The standard InChI is InChI=1S/C32H22/c1-21-15-17-30-26(19-21)27-20-23(22-9-3-2-4-10-22)16-18-31(27)32(30)28-13-7-5-11-24(28)25-12-6-8-14-29(25)32/h2-20H,1H3. The van der Waals surface area contributed by atoms with Crippen LogP contribution in [0.3, 0.4) is 0 Å². The number of fused-ring (bicyclic) bond motifs is 10. The average Bonchev–Trinajstić information content (AvgIpc) is 3.31. The van der Waals surface area contributed by atoms with Gasteiger partial charge in [0.25, 0.3) is 0 Å². The van der Waals surface area contributed by atoms with Crippen molar-refractivity contribution in [1.29, 1.82) is 0 Å². The molecule has 0 aromatic heterocycles. The lowest BCUT2D eigenvalue weighted by atomic mass is 9.70. The fraction of sp³-hybridized carbons (Fsp3) is 0.0625. The first-order valence-electron chi connectivity index (χ1n) is 11.3. The fourth-order valence-electron chi connectivity index (χ4n) is 6.07. The summed E-state index contributed by atoms with van der Waals surface area (Å²) in [6.45, 7) is 2.20. The van der Waals surface area contributed by atoms with E-state index >= 15 is 0 Å². The minimum atomic E-state index is -0.249.